The first-order valence-electron chi connectivity index (χ1n) is 7.71. The summed E-state index contributed by atoms with van der Waals surface area (Å²) >= 11 is 0. The number of carbonyl (C=O) groups is 4. The molecule has 144 valence electrons. The molecule has 8 N–H and O–H groups in total. The number of aliphatic hydroxyl groups excluding tert-OH is 2. The second kappa shape index (κ2) is 10.6. The molecule has 0 aliphatic carbocycles. The highest BCUT2D eigenvalue weighted by Crippen LogP contribution is 1.95. The summed E-state index contributed by atoms with van der Waals surface area (Å²) in [7, 11) is 1.46. The molecule has 0 saturated heterocycles. The Morgan fingerprint density at radius 3 is 1.84 bits per heavy atom. The van der Waals surface area contributed by atoms with E-state index >= 15 is 0 Å². The van der Waals surface area contributed by atoms with E-state index in [-0.39, 0.29) is 0 Å². The molecule has 11 heteroatoms. The van der Waals surface area contributed by atoms with E-state index in [4.69, 9.17) is 5.73 Å². The second-order valence-corrected chi connectivity index (χ2v) is 5.61. The Kier molecular flexibility index (Phi) is 9.64. The Bertz CT molecular complexity index is 498. The van der Waals surface area contributed by atoms with Gasteiger partial charge in [-0.2, -0.15) is 0 Å². The molecular formula is C14H27N5O6. The van der Waals surface area contributed by atoms with Gasteiger partial charge in [-0.3, -0.25) is 19.2 Å². The van der Waals surface area contributed by atoms with Crippen LogP contribution in [0.1, 0.15) is 20.8 Å². The molecule has 0 aliphatic heterocycles. The highest BCUT2D eigenvalue weighted by atomic mass is 16.3. The van der Waals surface area contributed by atoms with Gasteiger partial charge in [0, 0.05) is 0 Å². The number of primary amides is 1. The fourth-order valence-electron chi connectivity index (χ4n) is 1.84. The maximum atomic E-state index is 12.1. The molecule has 5 atom stereocenters. The van der Waals surface area contributed by atoms with Gasteiger partial charge in [0.1, 0.15) is 24.2 Å². The lowest BCUT2D eigenvalue weighted by atomic mass is 10.1. The van der Waals surface area contributed by atoms with Gasteiger partial charge in [-0.15, -0.1) is 0 Å². The monoisotopic (exact) mass is 361 g/mol. The predicted octanol–water partition coefficient (Wildman–Crippen LogP) is -4.07. The average Bonchev–Trinajstić information content (AvgIpc) is 2.52. The molecule has 25 heavy (non-hydrogen) atoms. The Balaban J connectivity index is 4.75. The predicted molar refractivity (Wildman–Crippen MR) is 87.9 cm³/mol. The minimum atomic E-state index is -1.31. The van der Waals surface area contributed by atoms with Crippen LogP contribution in [0.25, 0.3) is 0 Å². The highest BCUT2D eigenvalue weighted by molar-refractivity contribution is 5.94. The lowest BCUT2D eigenvalue weighted by molar-refractivity contribution is -0.134. The zero-order chi connectivity index (χ0) is 19.7. The standard InChI is InChI=1S/C14H27N5O6/c1-6(11(15)22)17-12(23)7(2)18-13(24)9(5-20)19-14(25)10(16-4)8(3)21/h6-10,16,20-21H,5H2,1-4H3,(H2,15,22)(H,17,23)(H,18,24)(H,19,25). The van der Waals surface area contributed by atoms with Crippen molar-refractivity contribution in [2.24, 2.45) is 5.73 Å². The molecule has 0 aromatic rings. The molecular weight excluding hydrogens is 334 g/mol. The third-order valence-corrected chi connectivity index (χ3v) is 3.43. The highest BCUT2D eigenvalue weighted by Gasteiger charge is 2.28. The number of likely N-dealkylation sites (N-methyl/N-ethyl adjacent to an activating group) is 1. The van der Waals surface area contributed by atoms with Crippen molar-refractivity contribution in [2.75, 3.05) is 13.7 Å². The summed E-state index contributed by atoms with van der Waals surface area (Å²) in [4.78, 5) is 46.8. The van der Waals surface area contributed by atoms with Crippen LogP contribution in [0.5, 0.6) is 0 Å². The minimum absolute atomic E-state index is 0.653. The number of hydrogen-bond donors (Lipinski definition) is 7. The number of hydrogen-bond acceptors (Lipinski definition) is 7. The van der Waals surface area contributed by atoms with Crippen LogP contribution in [0, 0.1) is 0 Å². The maximum Gasteiger partial charge on any atom is 0.245 e. The average molecular weight is 361 g/mol. The van der Waals surface area contributed by atoms with E-state index in [1.54, 1.807) is 0 Å². The number of rotatable bonds is 10. The van der Waals surface area contributed by atoms with E-state index in [1.807, 2.05) is 0 Å². The SMILES string of the molecule is CNC(C(=O)NC(CO)C(=O)NC(C)C(=O)NC(C)C(N)=O)C(C)O. The van der Waals surface area contributed by atoms with Gasteiger partial charge in [0.25, 0.3) is 0 Å². The van der Waals surface area contributed by atoms with Crippen molar-refractivity contribution in [1.82, 2.24) is 21.3 Å². The molecule has 0 heterocycles. The quantitative estimate of drug-likeness (QED) is 0.206. The van der Waals surface area contributed by atoms with Crippen molar-refractivity contribution >= 4 is 23.6 Å². The van der Waals surface area contributed by atoms with Crippen molar-refractivity contribution in [3.05, 3.63) is 0 Å². The zero-order valence-electron chi connectivity index (χ0n) is 14.7. The molecule has 4 amide bonds. The number of aliphatic hydroxyl groups is 2. The molecule has 0 aliphatic rings. The van der Waals surface area contributed by atoms with Gasteiger partial charge in [0.15, 0.2) is 0 Å². The Labute approximate surface area is 145 Å². The number of carbonyl (C=O) groups excluding carboxylic acids is 4. The molecule has 0 aromatic heterocycles. The van der Waals surface area contributed by atoms with E-state index in [2.05, 4.69) is 21.3 Å². The van der Waals surface area contributed by atoms with E-state index < -0.39 is 60.5 Å². The van der Waals surface area contributed by atoms with Crippen LogP contribution < -0.4 is 27.0 Å². The van der Waals surface area contributed by atoms with Crippen molar-refractivity contribution in [3.63, 3.8) is 0 Å². The van der Waals surface area contributed by atoms with Crippen molar-refractivity contribution in [2.45, 2.75) is 51.0 Å². The Hall–Kier alpha value is -2.24. The first-order valence-corrected chi connectivity index (χ1v) is 7.71. The van der Waals surface area contributed by atoms with Crippen LogP contribution in [0.3, 0.4) is 0 Å². The van der Waals surface area contributed by atoms with Crippen molar-refractivity contribution in [1.29, 1.82) is 0 Å². The van der Waals surface area contributed by atoms with Crippen molar-refractivity contribution < 1.29 is 29.4 Å². The Morgan fingerprint density at radius 2 is 1.44 bits per heavy atom. The molecule has 0 rings (SSSR count). The van der Waals surface area contributed by atoms with Gasteiger partial charge in [0.05, 0.1) is 12.7 Å². The number of amides is 4. The molecule has 0 fully saturated rings. The van der Waals surface area contributed by atoms with Crippen LogP contribution in [0.15, 0.2) is 0 Å². The first kappa shape index (κ1) is 22.8. The summed E-state index contributed by atoms with van der Waals surface area (Å²) in [5.41, 5.74) is 5.03. The summed E-state index contributed by atoms with van der Waals surface area (Å²) in [5.74, 6) is -2.87. The van der Waals surface area contributed by atoms with Crippen molar-refractivity contribution in [3.8, 4) is 0 Å². The maximum absolute atomic E-state index is 12.1. The van der Waals surface area contributed by atoms with Crippen LogP contribution in [-0.4, -0.2) is 77.8 Å². The van der Waals surface area contributed by atoms with E-state index in [0.29, 0.717) is 0 Å². The minimum Gasteiger partial charge on any atom is -0.394 e. The summed E-state index contributed by atoms with van der Waals surface area (Å²) in [5, 5.41) is 28.2. The van der Waals surface area contributed by atoms with E-state index in [9.17, 15) is 29.4 Å². The third kappa shape index (κ3) is 7.45. The first-order chi connectivity index (χ1) is 11.5. The third-order valence-electron chi connectivity index (χ3n) is 3.43. The zero-order valence-corrected chi connectivity index (χ0v) is 14.7. The van der Waals surface area contributed by atoms with Gasteiger partial charge < -0.3 is 37.2 Å². The van der Waals surface area contributed by atoms with Gasteiger partial charge in [-0.1, -0.05) is 0 Å². The summed E-state index contributed by atoms with van der Waals surface area (Å²) in [6, 6.07) is -4.23. The van der Waals surface area contributed by atoms with Gasteiger partial charge >= 0.3 is 0 Å². The molecule has 5 unspecified atom stereocenters. The molecule has 11 nitrogen and oxygen atoms in total. The molecule has 0 aromatic carbocycles. The Morgan fingerprint density at radius 1 is 0.920 bits per heavy atom. The van der Waals surface area contributed by atoms with Crippen LogP contribution in [0.4, 0.5) is 0 Å². The van der Waals surface area contributed by atoms with Gasteiger partial charge in [-0.05, 0) is 27.8 Å². The number of nitrogens with one attached hydrogen (secondary N) is 4. The van der Waals surface area contributed by atoms with Crippen LogP contribution in [0.2, 0.25) is 0 Å². The van der Waals surface area contributed by atoms with E-state index in [0.717, 1.165) is 0 Å². The summed E-state index contributed by atoms with van der Waals surface area (Å²) < 4.78 is 0. The fourth-order valence-corrected chi connectivity index (χ4v) is 1.84. The largest absolute Gasteiger partial charge is 0.394 e. The molecule has 0 saturated carbocycles. The second-order valence-electron chi connectivity index (χ2n) is 5.61. The lowest BCUT2D eigenvalue weighted by Gasteiger charge is -2.23. The van der Waals surface area contributed by atoms with Gasteiger partial charge in [0.2, 0.25) is 23.6 Å². The summed E-state index contributed by atoms with van der Waals surface area (Å²) in [6.45, 7) is 3.43. The molecule has 0 spiro atoms. The molecule has 0 radical (unpaired) electrons. The fraction of sp³-hybridized carbons (Fsp3) is 0.714. The normalized spacial score (nSPS) is 16.7. The topological polar surface area (TPSA) is 183 Å². The van der Waals surface area contributed by atoms with Crippen LogP contribution >= 0.6 is 0 Å². The molecule has 0 bridgehead atoms. The summed E-state index contributed by atoms with van der Waals surface area (Å²) in [6.07, 6.45) is -1.02. The number of nitrogens with two attached hydrogens (primary N) is 1. The lowest BCUT2D eigenvalue weighted by Crippen LogP contribution is -2.58. The van der Waals surface area contributed by atoms with Gasteiger partial charge in [-0.25, -0.2) is 0 Å². The smallest absolute Gasteiger partial charge is 0.245 e. The van der Waals surface area contributed by atoms with Crippen LogP contribution in [-0.2, 0) is 19.2 Å². The van der Waals surface area contributed by atoms with E-state index in [1.165, 1.54) is 27.8 Å².